The van der Waals surface area contributed by atoms with E-state index in [1.54, 1.807) is 24.3 Å². The third-order valence-corrected chi connectivity index (χ3v) is 6.38. The molecule has 0 unspecified atom stereocenters. The summed E-state index contributed by atoms with van der Waals surface area (Å²) in [6.07, 6.45) is 0.752. The van der Waals surface area contributed by atoms with Crippen molar-refractivity contribution >= 4 is 0 Å². The minimum absolute atomic E-state index is 0.211. The summed E-state index contributed by atoms with van der Waals surface area (Å²) in [7, 11) is 0. The van der Waals surface area contributed by atoms with E-state index in [1.165, 1.54) is 0 Å². The first-order valence-corrected chi connectivity index (χ1v) is 10.8. The molecule has 0 aliphatic heterocycles. The van der Waals surface area contributed by atoms with Gasteiger partial charge in [0, 0.05) is 11.1 Å². The average molecular weight is 425 g/mol. The molecule has 3 nitrogen and oxygen atoms in total. The minimum atomic E-state index is -0.748. The highest BCUT2D eigenvalue weighted by molar-refractivity contribution is 5.62. The van der Waals surface area contributed by atoms with Crippen LogP contribution in [0.3, 0.4) is 0 Å². The summed E-state index contributed by atoms with van der Waals surface area (Å²) in [5.74, 6) is 0.683. The normalized spacial score (nSPS) is 11.5. The third kappa shape index (κ3) is 3.82. The molecule has 0 radical (unpaired) electrons. The number of aryl methyl sites for hydroxylation is 2. The summed E-state index contributed by atoms with van der Waals surface area (Å²) in [4.78, 5) is 0. The first-order valence-electron chi connectivity index (χ1n) is 10.8. The largest absolute Gasteiger partial charge is 0.508 e. The number of hydrogen-bond acceptors (Lipinski definition) is 3. The Balaban J connectivity index is 1.85. The van der Waals surface area contributed by atoms with Crippen molar-refractivity contribution in [2.24, 2.45) is 0 Å². The predicted octanol–water partition coefficient (Wildman–Crippen LogP) is 6.37. The first-order chi connectivity index (χ1) is 15.3. The third-order valence-electron chi connectivity index (χ3n) is 6.38. The van der Waals surface area contributed by atoms with Gasteiger partial charge in [0.15, 0.2) is 0 Å². The van der Waals surface area contributed by atoms with Gasteiger partial charge < -0.3 is 15.3 Å². The summed E-state index contributed by atoms with van der Waals surface area (Å²) in [6, 6.07) is 26.6. The molecule has 0 spiro atoms. The van der Waals surface area contributed by atoms with Crippen LogP contribution in [0, 0.1) is 13.8 Å². The van der Waals surface area contributed by atoms with Crippen LogP contribution < -0.4 is 0 Å². The molecule has 0 atom stereocenters. The fraction of sp³-hybridized carbons (Fsp3) is 0.172. The molecule has 0 saturated carbocycles. The lowest BCUT2D eigenvalue weighted by molar-refractivity contribution is 0.440. The van der Waals surface area contributed by atoms with Gasteiger partial charge in [-0.3, -0.25) is 0 Å². The zero-order chi connectivity index (χ0) is 22.9. The summed E-state index contributed by atoms with van der Waals surface area (Å²) in [6.45, 7) is 6.04. The van der Waals surface area contributed by atoms with Gasteiger partial charge in [-0.1, -0.05) is 60.7 Å². The van der Waals surface area contributed by atoms with Crippen molar-refractivity contribution in [3.8, 4) is 17.2 Å². The molecule has 3 heteroatoms. The number of phenolic OH excluding ortho intramolecular Hbond substituents is 3. The summed E-state index contributed by atoms with van der Waals surface area (Å²) >= 11 is 0. The molecule has 0 aliphatic rings. The average Bonchev–Trinajstić information content (AvgIpc) is 2.75. The number of rotatable bonds is 5. The molecule has 32 heavy (non-hydrogen) atoms. The summed E-state index contributed by atoms with van der Waals surface area (Å²) in [5.41, 5.74) is 6.00. The van der Waals surface area contributed by atoms with Gasteiger partial charge in [-0.25, -0.2) is 0 Å². The second-order valence-electron chi connectivity index (χ2n) is 8.60. The van der Waals surface area contributed by atoms with Crippen molar-refractivity contribution in [3.05, 3.63) is 124 Å². The Morgan fingerprint density at radius 1 is 0.594 bits per heavy atom. The van der Waals surface area contributed by atoms with Crippen LogP contribution in [-0.2, 0) is 11.8 Å². The maximum atomic E-state index is 10.9. The highest BCUT2D eigenvalue weighted by atomic mass is 16.3. The zero-order valence-electron chi connectivity index (χ0n) is 18.6. The van der Waals surface area contributed by atoms with E-state index in [2.05, 4.69) is 31.2 Å². The van der Waals surface area contributed by atoms with E-state index in [-0.39, 0.29) is 17.2 Å². The molecule has 0 bridgehead atoms. The fourth-order valence-electron chi connectivity index (χ4n) is 4.82. The van der Waals surface area contributed by atoms with Crippen molar-refractivity contribution in [2.45, 2.75) is 32.6 Å². The molecule has 0 amide bonds. The van der Waals surface area contributed by atoms with E-state index in [9.17, 15) is 15.3 Å². The maximum Gasteiger partial charge on any atom is 0.120 e. The summed E-state index contributed by atoms with van der Waals surface area (Å²) < 4.78 is 0. The molecule has 162 valence electrons. The van der Waals surface area contributed by atoms with Crippen LogP contribution in [0.4, 0.5) is 0 Å². The van der Waals surface area contributed by atoms with Crippen molar-refractivity contribution in [1.82, 2.24) is 0 Å². The second kappa shape index (κ2) is 8.43. The maximum absolute atomic E-state index is 10.9. The molecular formula is C29H28O3. The zero-order valence-corrected chi connectivity index (χ0v) is 18.6. The Morgan fingerprint density at radius 3 is 1.47 bits per heavy atom. The Bertz CT molecular complexity index is 1150. The number of aromatic hydroxyl groups is 3. The van der Waals surface area contributed by atoms with Gasteiger partial charge in [0.2, 0.25) is 0 Å². The molecule has 0 saturated heterocycles. The van der Waals surface area contributed by atoms with E-state index in [1.807, 2.05) is 50.2 Å². The van der Waals surface area contributed by atoms with Crippen molar-refractivity contribution in [2.75, 3.05) is 0 Å². The monoisotopic (exact) mass is 424 g/mol. The van der Waals surface area contributed by atoms with Crippen LogP contribution in [-0.4, -0.2) is 15.3 Å². The quantitative estimate of drug-likeness (QED) is 0.326. The Morgan fingerprint density at radius 2 is 1.03 bits per heavy atom. The van der Waals surface area contributed by atoms with Crippen molar-refractivity contribution < 1.29 is 15.3 Å². The fourth-order valence-corrected chi connectivity index (χ4v) is 4.82. The van der Waals surface area contributed by atoms with Gasteiger partial charge in [0.25, 0.3) is 0 Å². The van der Waals surface area contributed by atoms with E-state index < -0.39 is 5.41 Å². The molecule has 0 aromatic heterocycles. The topological polar surface area (TPSA) is 60.7 Å². The molecule has 4 rings (SSSR count). The Labute approximate surface area is 189 Å². The lowest BCUT2D eigenvalue weighted by Crippen LogP contribution is -2.28. The van der Waals surface area contributed by atoms with Gasteiger partial charge in [0.1, 0.15) is 17.2 Å². The van der Waals surface area contributed by atoms with Crippen molar-refractivity contribution in [1.29, 1.82) is 0 Å². The van der Waals surface area contributed by atoms with Gasteiger partial charge in [0.05, 0.1) is 5.41 Å². The van der Waals surface area contributed by atoms with Crippen LogP contribution >= 0.6 is 0 Å². The SMILES string of the molecule is Cc1cccc(O)c1C(C)(c1ccc(Cc2ccc(O)cc2)cc1)c1c(C)cccc1O. The van der Waals surface area contributed by atoms with Gasteiger partial charge in [-0.15, -0.1) is 0 Å². The van der Waals surface area contributed by atoms with Gasteiger partial charge in [-0.2, -0.15) is 0 Å². The lowest BCUT2D eigenvalue weighted by Gasteiger charge is -2.35. The molecule has 0 aliphatic carbocycles. The molecular weight excluding hydrogens is 396 g/mol. The van der Waals surface area contributed by atoms with Crippen LogP contribution in [0.15, 0.2) is 84.9 Å². The van der Waals surface area contributed by atoms with E-state index >= 15 is 0 Å². The Kier molecular flexibility index (Phi) is 5.67. The van der Waals surface area contributed by atoms with Crippen LogP contribution in [0.5, 0.6) is 17.2 Å². The standard InChI is InChI=1S/C29H28O3/c1-19-6-4-8-25(31)27(19)29(3,28-20(2)7-5-9-26(28)32)23-14-10-21(11-15-23)18-22-12-16-24(30)17-13-22/h4-17,30-32H,18H2,1-3H3. The summed E-state index contributed by atoms with van der Waals surface area (Å²) in [5, 5.41) is 31.3. The van der Waals surface area contributed by atoms with Crippen LogP contribution in [0.25, 0.3) is 0 Å². The minimum Gasteiger partial charge on any atom is -0.508 e. The highest BCUT2D eigenvalue weighted by Gasteiger charge is 2.38. The van der Waals surface area contributed by atoms with E-state index in [0.29, 0.717) is 0 Å². The Hall–Kier alpha value is -3.72. The predicted molar refractivity (Wildman–Crippen MR) is 129 cm³/mol. The van der Waals surface area contributed by atoms with E-state index in [4.69, 9.17) is 0 Å². The second-order valence-corrected chi connectivity index (χ2v) is 8.60. The van der Waals surface area contributed by atoms with Crippen LogP contribution in [0.2, 0.25) is 0 Å². The molecule has 0 heterocycles. The molecule has 4 aromatic carbocycles. The number of hydrogen-bond donors (Lipinski definition) is 3. The first kappa shape index (κ1) is 21.5. The van der Waals surface area contributed by atoms with E-state index in [0.717, 1.165) is 45.4 Å². The highest BCUT2D eigenvalue weighted by Crippen LogP contribution is 2.48. The van der Waals surface area contributed by atoms with Crippen LogP contribution in [0.1, 0.15) is 45.9 Å². The van der Waals surface area contributed by atoms with Gasteiger partial charge in [-0.05, 0) is 79.3 Å². The van der Waals surface area contributed by atoms with Gasteiger partial charge >= 0.3 is 0 Å². The molecule has 4 aromatic rings. The molecule has 0 fully saturated rings. The number of benzene rings is 4. The van der Waals surface area contributed by atoms with Crippen molar-refractivity contribution in [3.63, 3.8) is 0 Å². The lowest BCUT2D eigenvalue weighted by atomic mass is 9.67. The molecule has 3 N–H and O–H groups in total. The number of phenols is 3. The smallest absolute Gasteiger partial charge is 0.120 e.